The lowest BCUT2D eigenvalue weighted by molar-refractivity contribution is 0.102. The summed E-state index contributed by atoms with van der Waals surface area (Å²) in [5.41, 5.74) is -2.31. The van der Waals surface area contributed by atoms with Crippen LogP contribution in [0.15, 0.2) is 60.9 Å². The van der Waals surface area contributed by atoms with E-state index < -0.39 is 23.1 Å². The Balaban J connectivity index is 1.70. The van der Waals surface area contributed by atoms with Gasteiger partial charge in [-0.25, -0.2) is 23.7 Å². The Morgan fingerprint density at radius 3 is 2.21 bits per heavy atom. The van der Waals surface area contributed by atoms with Crippen molar-refractivity contribution in [1.82, 2.24) is 29.3 Å². The van der Waals surface area contributed by atoms with Gasteiger partial charge in [0.15, 0.2) is 17.1 Å². The van der Waals surface area contributed by atoms with E-state index in [1.54, 1.807) is 16.2 Å². The summed E-state index contributed by atoms with van der Waals surface area (Å²) >= 11 is 6.35. The zero-order chi connectivity index (χ0) is 27.0. The minimum Gasteiger partial charge on any atom is -0.373 e. The van der Waals surface area contributed by atoms with Gasteiger partial charge in [-0.2, -0.15) is 0 Å². The zero-order valence-corrected chi connectivity index (χ0v) is 21.1. The van der Waals surface area contributed by atoms with Crippen LogP contribution >= 0.6 is 11.6 Å². The molecule has 1 amide bonds. The van der Waals surface area contributed by atoms with Crippen molar-refractivity contribution in [3.63, 3.8) is 0 Å². The van der Waals surface area contributed by atoms with E-state index in [0.29, 0.717) is 12.1 Å². The predicted molar refractivity (Wildman–Crippen MR) is 137 cm³/mol. The van der Waals surface area contributed by atoms with Crippen molar-refractivity contribution in [3.05, 3.63) is 100 Å². The van der Waals surface area contributed by atoms with E-state index in [4.69, 9.17) is 11.6 Å². The number of benzene rings is 2. The molecule has 3 aromatic heterocycles. The van der Waals surface area contributed by atoms with Gasteiger partial charge < -0.3 is 9.67 Å². The van der Waals surface area contributed by atoms with Crippen molar-refractivity contribution in [1.29, 1.82) is 0 Å². The number of hydrogen-bond donors (Lipinski definition) is 2. The minimum atomic E-state index is -2.33. The fourth-order valence-corrected chi connectivity index (χ4v) is 4.57. The Bertz CT molecular complexity index is 1620. The molecular formula is C26H22ClF2N7O2. The fourth-order valence-electron chi connectivity index (χ4n) is 4.35. The van der Waals surface area contributed by atoms with E-state index in [1.165, 1.54) is 60.9 Å². The van der Waals surface area contributed by atoms with Gasteiger partial charge in [-0.05, 0) is 32.0 Å². The van der Waals surface area contributed by atoms with Gasteiger partial charge in [0.1, 0.15) is 23.1 Å². The lowest BCUT2D eigenvalue weighted by atomic mass is 9.84. The van der Waals surface area contributed by atoms with Crippen molar-refractivity contribution in [2.45, 2.75) is 32.5 Å². The van der Waals surface area contributed by atoms with Crippen LogP contribution in [0.3, 0.4) is 0 Å². The number of carbonyl (C=O) groups excluding carboxylic acids is 1. The quantitative estimate of drug-likeness (QED) is 0.295. The van der Waals surface area contributed by atoms with Crippen LogP contribution in [0.2, 0.25) is 5.15 Å². The van der Waals surface area contributed by atoms with Crippen LogP contribution < -0.4 is 5.32 Å². The molecule has 12 heteroatoms. The van der Waals surface area contributed by atoms with Gasteiger partial charge in [0.25, 0.3) is 5.91 Å². The number of nitrogens with zero attached hydrogens (tertiary/aromatic N) is 6. The van der Waals surface area contributed by atoms with Crippen LogP contribution in [-0.4, -0.2) is 40.3 Å². The maximum Gasteiger partial charge on any atom is 0.261 e. The highest BCUT2D eigenvalue weighted by Crippen LogP contribution is 2.40. The smallest absolute Gasteiger partial charge is 0.261 e. The number of fused-ring (bicyclic) bond motifs is 1. The number of aromatic nitrogens is 6. The maximum atomic E-state index is 15.1. The summed E-state index contributed by atoms with van der Waals surface area (Å²) in [5, 5.41) is 18.7. The van der Waals surface area contributed by atoms with E-state index in [0.717, 1.165) is 0 Å². The first-order chi connectivity index (χ1) is 18.3. The third-order valence-electron chi connectivity index (χ3n) is 6.19. The highest BCUT2D eigenvalue weighted by molar-refractivity contribution is 6.33. The van der Waals surface area contributed by atoms with Crippen molar-refractivity contribution in [2.24, 2.45) is 0 Å². The Hall–Kier alpha value is -4.22. The Kier molecular flexibility index (Phi) is 6.64. The lowest BCUT2D eigenvalue weighted by Crippen LogP contribution is -2.34. The number of anilines is 1. The molecule has 0 saturated heterocycles. The molecule has 0 fully saturated rings. The average Bonchev–Trinajstić information content (AvgIpc) is 3.52. The number of pyridine rings is 1. The van der Waals surface area contributed by atoms with Crippen LogP contribution in [0, 0.1) is 11.6 Å². The standard InChI is InChI=1S/C26H22ClF2N7O2/c1-3-35-14-30-25(34-35)33-23(37)15-13-20-22(31-21(15)27)32-24(36(20)4-2)26(38,16-9-5-7-11-18(16)28)17-10-6-8-12-19(17)29/h5-14,38H,3-4H2,1-2H3,(H,33,34,37). The average molecular weight is 538 g/mol. The maximum absolute atomic E-state index is 15.1. The van der Waals surface area contributed by atoms with E-state index >= 15 is 8.78 Å². The Morgan fingerprint density at radius 2 is 1.66 bits per heavy atom. The van der Waals surface area contributed by atoms with Crippen LogP contribution in [0.4, 0.5) is 14.7 Å². The number of imidazole rings is 1. The number of nitrogens with one attached hydrogen (secondary N) is 1. The zero-order valence-electron chi connectivity index (χ0n) is 20.4. The molecule has 5 aromatic rings. The molecule has 0 aliphatic heterocycles. The normalized spacial score (nSPS) is 11.7. The molecule has 0 unspecified atom stereocenters. The second kappa shape index (κ2) is 9.92. The number of aryl methyl sites for hydroxylation is 2. The van der Waals surface area contributed by atoms with Gasteiger partial charge in [-0.15, -0.1) is 5.10 Å². The van der Waals surface area contributed by atoms with Crippen molar-refractivity contribution < 1.29 is 18.7 Å². The number of rotatable bonds is 7. The third kappa shape index (κ3) is 4.19. The summed E-state index contributed by atoms with van der Waals surface area (Å²) in [4.78, 5) is 25.8. The molecule has 0 aliphatic rings. The van der Waals surface area contributed by atoms with Gasteiger partial charge in [0.2, 0.25) is 5.95 Å². The third-order valence-corrected chi connectivity index (χ3v) is 6.48. The molecule has 2 aromatic carbocycles. The second-order valence-electron chi connectivity index (χ2n) is 8.40. The molecule has 3 heterocycles. The molecule has 0 bridgehead atoms. The molecule has 0 atom stereocenters. The summed E-state index contributed by atoms with van der Waals surface area (Å²) in [7, 11) is 0. The van der Waals surface area contributed by atoms with Gasteiger partial charge in [0.05, 0.1) is 11.1 Å². The van der Waals surface area contributed by atoms with Gasteiger partial charge in [-0.3, -0.25) is 14.8 Å². The van der Waals surface area contributed by atoms with Crippen LogP contribution in [-0.2, 0) is 18.7 Å². The Labute approximate surface area is 220 Å². The number of carbonyl (C=O) groups is 1. The number of amides is 1. The highest BCUT2D eigenvalue weighted by Gasteiger charge is 2.43. The van der Waals surface area contributed by atoms with Gasteiger partial charge in [0, 0.05) is 24.2 Å². The topological polar surface area (TPSA) is 111 Å². The summed E-state index contributed by atoms with van der Waals surface area (Å²) in [5.74, 6) is -2.11. The summed E-state index contributed by atoms with van der Waals surface area (Å²) in [6.07, 6.45) is 1.48. The van der Waals surface area contributed by atoms with Crippen molar-refractivity contribution in [3.8, 4) is 0 Å². The number of halogens is 3. The van der Waals surface area contributed by atoms with Crippen molar-refractivity contribution >= 4 is 34.6 Å². The number of aliphatic hydroxyl groups is 1. The molecule has 194 valence electrons. The SMILES string of the molecule is CCn1cnc(NC(=O)c2cc3c(nc2Cl)nc(C(O)(c2ccccc2F)c2ccccc2F)n3CC)n1. The molecule has 0 spiro atoms. The fraction of sp³-hybridized carbons (Fsp3) is 0.192. The number of hydrogen-bond acceptors (Lipinski definition) is 6. The molecule has 0 radical (unpaired) electrons. The first kappa shape index (κ1) is 25.4. The molecule has 9 nitrogen and oxygen atoms in total. The van der Waals surface area contributed by atoms with E-state index in [-0.39, 0.29) is 45.8 Å². The van der Waals surface area contributed by atoms with E-state index in [2.05, 4.69) is 25.4 Å². The molecule has 38 heavy (non-hydrogen) atoms. The first-order valence-electron chi connectivity index (χ1n) is 11.8. The lowest BCUT2D eigenvalue weighted by Gasteiger charge is -2.30. The largest absolute Gasteiger partial charge is 0.373 e. The highest BCUT2D eigenvalue weighted by atomic mass is 35.5. The molecule has 2 N–H and O–H groups in total. The second-order valence-corrected chi connectivity index (χ2v) is 8.76. The van der Waals surface area contributed by atoms with Gasteiger partial charge >= 0.3 is 0 Å². The first-order valence-corrected chi connectivity index (χ1v) is 12.2. The summed E-state index contributed by atoms with van der Waals surface area (Å²) < 4.78 is 33.3. The monoisotopic (exact) mass is 537 g/mol. The van der Waals surface area contributed by atoms with Crippen LogP contribution in [0.25, 0.3) is 11.2 Å². The summed E-state index contributed by atoms with van der Waals surface area (Å²) in [6.45, 7) is 4.44. The van der Waals surface area contributed by atoms with Crippen LogP contribution in [0.1, 0.15) is 41.2 Å². The van der Waals surface area contributed by atoms with E-state index in [1.807, 2.05) is 6.92 Å². The molecule has 0 aliphatic carbocycles. The minimum absolute atomic E-state index is 0.00786. The summed E-state index contributed by atoms with van der Waals surface area (Å²) in [6, 6.07) is 12.5. The molecular weight excluding hydrogens is 516 g/mol. The van der Waals surface area contributed by atoms with E-state index in [9.17, 15) is 9.90 Å². The van der Waals surface area contributed by atoms with Gasteiger partial charge in [-0.1, -0.05) is 48.0 Å². The van der Waals surface area contributed by atoms with Crippen LogP contribution in [0.5, 0.6) is 0 Å². The predicted octanol–water partition coefficient (Wildman–Crippen LogP) is 4.53. The van der Waals surface area contributed by atoms with Crippen molar-refractivity contribution in [2.75, 3.05) is 5.32 Å². The molecule has 5 rings (SSSR count). The molecule has 0 saturated carbocycles. The Morgan fingerprint density at radius 1 is 1.03 bits per heavy atom.